The maximum atomic E-state index is 12.3. The predicted molar refractivity (Wildman–Crippen MR) is 101 cm³/mol. The smallest absolute Gasteiger partial charge is 0.187 e. The largest absolute Gasteiger partial charge is 0.455 e. The summed E-state index contributed by atoms with van der Waals surface area (Å²) in [5.74, 6) is 1.43. The van der Waals surface area contributed by atoms with E-state index in [2.05, 4.69) is 5.32 Å². The number of hydrogen-bond acceptors (Lipinski definition) is 3. The molecule has 0 radical (unpaired) electrons. The first-order valence-corrected chi connectivity index (χ1v) is 8.09. The molecule has 1 N–H and O–H groups in total. The first-order chi connectivity index (χ1) is 12.2. The Balaban J connectivity index is 1.76. The Hall–Kier alpha value is -3.33. The van der Waals surface area contributed by atoms with Gasteiger partial charge in [0.25, 0.3) is 0 Å². The Morgan fingerprint density at radius 2 is 1.44 bits per heavy atom. The van der Waals surface area contributed by atoms with Gasteiger partial charge in [0.1, 0.15) is 5.75 Å². The molecule has 3 aromatic carbocycles. The molecule has 0 aliphatic heterocycles. The Bertz CT molecular complexity index is 871. The summed E-state index contributed by atoms with van der Waals surface area (Å²) >= 11 is 0. The maximum Gasteiger partial charge on any atom is 0.187 e. The van der Waals surface area contributed by atoms with Crippen molar-refractivity contribution in [2.75, 3.05) is 5.32 Å². The molecule has 3 heteroatoms. The highest BCUT2D eigenvalue weighted by molar-refractivity contribution is 6.05. The zero-order valence-electron chi connectivity index (χ0n) is 14.0. The molecule has 0 aromatic heterocycles. The monoisotopic (exact) mass is 329 g/mol. The molecule has 0 aliphatic rings. The molecule has 3 aromatic rings. The van der Waals surface area contributed by atoms with Crippen molar-refractivity contribution in [3.63, 3.8) is 0 Å². The Kier molecular flexibility index (Phi) is 5.27. The fourth-order valence-corrected chi connectivity index (χ4v) is 2.41. The molecule has 0 unspecified atom stereocenters. The van der Waals surface area contributed by atoms with Crippen molar-refractivity contribution in [1.82, 2.24) is 0 Å². The van der Waals surface area contributed by atoms with Crippen LogP contribution in [0.4, 0.5) is 5.69 Å². The molecule has 0 atom stereocenters. The average Bonchev–Trinajstić information content (AvgIpc) is 2.65. The summed E-state index contributed by atoms with van der Waals surface area (Å²) in [5.41, 5.74) is 2.22. The van der Waals surface area contributed by atoms with Crippen LogP contribution in [-0.2, 0) is 0 Å². The van der Waals surface area contributed by atoms with Crippen LogP contribution in [-0.4, -0.2) is 5.78 Å². The minimum Gasteiger partial charge on any atom is -0.455 e. The fourth-order valence-electron chi connectivity index (χ4n) is 2.41. The average molecular weight is 329 g/mol. The number of carbonyl (C=O) groups excluding carboxylic acids is 1. The van der Waals surface area contributed by atoms with Crippen LogP contribution in [0.25, 0.3) is 0 Å². The van der Waals surface area contributed by atoms with Crippen molar-refractivity contribution in [1.29, 1.82) is 0 Å². The molecule has 0 fully saturated rings. The van der Waals surface area contributed by atoms with Gasteiger partial charge in [0, 0.05) is 17.3 Å². The van der Waals surface area contributed by atoms with Crippen molar-refractivity contribution in [3.05, 3.63) is 102 Å². The third kappa shape index (κ3) is 4.58. The number of para-hydroxylation sites is 3. The molecular weight excluding hydrogens is 310 g/mol. The van der Waals surface area contributed by atoms with Crippen LogP contribution in [0.2, 0.25) is 0 Å². The van der Waals surface area contributed by atoms with Crippen LogP contribution in [0.15, 0.2) is 96.7 Å². The highest BCUT2D eigenvalue weighted by Gasteiger charge is 2.06. The lowest BCUT2D eigenvalue weighted by Crippen LogP contribution is -2.02. The molecule has 3 nitrogen and oxygen atoms in total. The lowest BCUT2D eigenvalue weighted by atomic mass is 10.1. The minimum absolute atomic E-state index is 0.0351. The normalized spacial score (nSPS) is 11.0. The Labute approximate surface area is 147 Å². The van der Waals surface area contributed by atoms with E-state index in [9.17, 15) is 4.79 Å². The summed E-state index contributed by atoms with van der Waals surface area (Å²) in [4.78, 5) is 12.3. The van der Waals surface area contributed by atoms with Gasteiger partial charge in [0.15, 0.2) is 11.5 Å². The SMILES string of the molecule is C/C(=C/C(=O)c1ccccc1)Nc1ccccc1Oc1ccccc1. The molecule has 3 rings (SSSR count). The number of nitrogens with one attached hydrogen (secondary N) is 1. The van der Waals surface area contributed by atoms with E-state index in [1.165, 1.54) is 0 Å². The molecule has 0 saturated heterocycles. The van der Waals surface area contributed by atoms with Gasteiger partial charge in [-0.05, 0) is 31.2 Å². The van der Waals surface area contributed by atoms with Gasteiger partial charge >= 0.3 is 0 Å². The summed E-state index contributed by atoms with van der Waals surface area (Å²) in [7, 11) is 0. The van der Waals surface area contributed by atoms with Gasteiger partial charge in [-0.1, -0.05) is 60.7 Å². The van der Waals surface area contributed by atoms with Crippen molar-refractivity contribution in [3.8, 4) is 11.5 Å². The second-order valence-corrected chi connectivity index (χ2v) is 5.59. The molecule has 0 saturated carbocycles. The van der Waals surface area contributed by atoms with E-state index in [0.29, 0.717) is 11.3 Å². The second-order valence-electron chi connectivity index (χ2n) is 5.59. The highest BCUT2D eigenvalue weighted by Crippen LogP contribution is 2.29. The first-order valence-electron chi connectivity index (χ1n) is 8.09. The molecule has 0 amide bonds. The number of benzene rings is 3. The zero-order valence-corrected chi connectivity index (χ0v) is 14.0. The number of anilines is 1. The lowest BCUT2D eigenvalue weighted by molar-refractivity contribution is 0.104. The fraction of sp³-hybridized carbons (Fsp3) is 0.0455. The highest BCUT2D eigenvalue weighted by atomic mass is 16.5. The first kappa shape index (κ1) is 16.5. The van der Waals surface area contributed by atoms with Crippen LogP contribution in [0.1, 0.15) is 17.3 Å². The summed E-state index contributed by atoms with van der Waals surface area (Å²) in [5, 5.41) is 3.25. The molecule has 0 aliphatic carbocycles. The van der Waals surface area contributed by atoms with Gasteiger partial charge < -0.3 is 10.1 Å². The van der Waals surface area contributed by atoms with E-state index >= 15 is 0 Å². The number of ether oxygens (including phenoxy) is 1. The van der Waals surface area contributed by atoms with Gasteiger partial charge in [-0.3, -0.25) is 4.79 Å². The summed E-state index contributed by atoms with van der Waals surface area (Å²) in [6, 6.07) is 26.5. The van der Waals surface area contributed by atoms with E-state index in [-0.39, 0.29) is 5.78 Å². The predicted octanol–water partition coefficient (Wildman–Crippen LogP) is 5.68. The Morgan fingerprint density at radius 1 is 0.840 bits per heavy atom. The van der Waals surface area contributed by atoms with Gasteiger partial charge in [-0.2, -0.15) is 0 Å². The third-order valence-corrected chi connectivity index (χ3v) is 3.60. The Morgan fingerprint density at radius 3 is 2.16 bits per heavy atom. The number of rotatable bonds is 6. The van der Waals surface area contributed by atoms with Gasteiger partial charge in [0.05, 0.1) is 5.69 Å². The number of ketones is 1. The van der Waals surface area contributed by atoms with Gasteiger partial charge in [-0.25, -0.2) is 0 Å². The van der Waals surface area contributed by atoms with E-state index < -0.39 is 0 Å². The van der Waals surface area contributed by atoms with Crippen LogP contribution in [0, 0.1) is 0 Å². The zero-order chi connectivity index (χ0) is 17.5. The topological polar surface area (TPSA) is 38.3 Å². The van der Waals surface area contributed by atoms with Crippen LogP contribution in [0.3, 0.4) is 0 Å². The van der Waals surface area contributed by atoms with Gasteiger partial charge in [-0.15, -0.1) is 0 Å². The molecule has 25 heavy (non-hydrogen) atoms. The van der Waals surface area contributed by atoms with Crippen LogP contribution >= 0.6 is 0 Å². The van der Waals surface area contributed by atoms with Crippen molar-refractivity contribution < 1.29 is 9.53 Å². The van der Waals surface area contributed by atoms with Crippen LogP contribution < -0.4 is 10.1 Å². The lowest BCUT2D eigenvalue weighted by Gasteiger charge is -2.13. The molecule has 0 bridgehead atoms. The van der Waals surface area contributed by atoms with Crippen LogP contribution in [0.5, 0.6) is 11.5 Å². The second kappa shape index (κ2) is 7.97. The summed E-state index contributed by atoms with van der Waals surface area (Å²) < 4.78 is 5.93. The number of carbonyl (C=O) groups is 1. The van der Waals surface area contributed by atoms with Crippen molar-refractivity contribution in [2.24, 2.45) is 0 Å². The summed E-state index contributed by atoms with van der Waals surface area (Å²) in [6.07, 6.45) is 1.59. The quantitative estimate of drug-likeness (QED) is 0.467. The molecule has 0 heterocycles. The summed E-state index contributed by atoms with van der Waals surface area (Å²) in [6.45, 7) is 1.86. The minimum atomic E-state index is -0.0351. The number of allylic oxidation sites excluding steroid dienone is 2. The van der Waals surface area contributed by atoms with E-state index in [1.54, 1.807) is 18.2 Å². The van der Waals surface area contributed by atoms with Gasteiger partial charge in [0.2, 0.25) is 0 Å². The van der Waals surface area contributed by atoms with Crippen molar-refractivity contribution in [2.45, 2.75) is 6.92 Å². The van der Waals surface area contributed by atoms with E-state index in [1.807, 2.05) is 79.7 Å². The van der Waals surface area contributed by atoms with E-state index in [0.717, 1.165) is 17.1 Å². The van der Waals surface area contributed by atoms with E-state index in [4.69, 9.17) is 4.74 Å². The molecular formula is C22H19NO2. The number of hydrogen-bond donors (Lipinski definition) is 1. The molecule has 124 valence electrons. The standard InChI is InChI=1S/C22H19NO2/c1-17(16-21(24)18-10-4-2-5-11-18)23-20-14-8-9-15-22(20)25-19-12-6-3-7-13-19/h2-16,23H,1H3/b17-16-. The van der Waals surface area contributed by atoms with Crippen molar-refractivity contribution >= 4 is 11.5 Å². The maximum absolute atomic E-state index is 12.3. The third-order valence-electron chi connectivity index (χ3n) is 3.60. The molecule has 0 spiro atoms.